The molecule has 2 unspecified atom stereocenters. The van der Waals surface area contributed by atoms with Gasteiger partial charge in [-0.1, -0.05) is 0 Å². The van der Waals surface area contributed by atoms with Gasteiger partial charge in [0.15, 0.2) is 0 Å². The van der Waals surface area contributed by atoms with Crippen molar-refractivity contribution < 1.29 is 9.53 Å². The van der Waals surface area contributed by atoms with Crippen molar-refractivity contribution in [3.63, 3.8) is 0 Å². The quantitative estimate of drug-likeness (QED) is 0.604. The Kier molecular flexibility index (Phi) is 3.53. The Labute approximate surface area is 73.5 Å². The number of rotatable bonds is 6. The maximum Gasteiger partial charge on any atom is 0.207 e. The molecule has 0 spiro atoms. The zero-order valence-electron chi connectivity index (χ0n) is 7.75. The summed E-state index contributed by atoms with van der Waals surface area (Å²) in [6.07, 6.45) is 3.46. The number of carbonyl (C=O) groups excluding carboxylic acids is 1. The summed E-state index contributed by atoms with van der Waals surface area (Å²) in [5.41, 5.74) is 0. The summed E-state index contributed by atoms with van der Waals surface area (Å²) in [5, 5.41) is 2.68. The minimum Gasteiger partial charge on any atom is -0.376 e. The molecule has 2 atom stereocenters. The number of hydrogen-bond donors (Lipinski definition) is 1. The topological polar surface area (TPSA) is 38.3 Å². The predicted octanol–water partition coefficient (Wildman–Crippen LogP) is 0.936. The van der Waals surface area contributed by atoms with Gasteiger partial charge in [0, 0.05) is 6.61 Å². The lowest BCUT2D eigenvalue weighted by atomic mass is 10.2. The monoisotopic (exact) mass is 171 g/mol. The van der Waals surface area contributed by atoms with Crippen molar-refractivity contribution in [2.45, 2.75) is 38.8 Å². The summed E-state index contributed by atoms with van der Waals surface area (Å²) in [6, 6.07) is 0.112. The van der Waals surface area contributed by atoms with Crippen molar-refractivity contribution in [3.8, 4) is 0 Å². The lowest BCUT2D eigenvalue weighted by Gasteiger charge is -2.19. The smallest absolute Gasteiger partial charge is 0.207 e. The second kappa shape index (κ2) is 4.45. The first-order valence-electron chi connectivity index (χ1n) is 4.55. The normalized spacial score (nSPS) is 21.5. The van der Waals surface area contributed by atoms with Gasteiger partial charge in [-0.3, -0.25) is 4.79 Å². The van der Waals surface area contributed by atoms with E-state index in [1.165, 1.54) is 12.8 Å². The standard InChI is InChI=1S/C9H17NO2/c1-7(10-6-11)8(2)12-5-9-3-4-9/h6-9H,3-5H2,1-2H3,(H,10,11). The van der Waals surface area contributed by atoms with Crippen LogP contribution in [0.2, 0.25) is 0 Å². The fourth-order valence-electron chi connectivity index (χ4n) is 0.960. The van der Waals surface area contributed by atoms with Gasteiger partial charge in [0.2, 0.25) is 6.41 Å². The molecule has 1 rings (SSSR count). The van der Waals surface area contributed by atoms with Crippen LogP contribution in [-0.4, -0.2) is 25.2 Å². The number of carbonyl (C=O) groups is 1. The van der Waals surface area contributed by atoms with Crippen LogP contribution in [0.1, 0.15) is 26.7 Å². The van der Waals surface area contributed by atoms with E-state index >= 15 is 0 Å². The molecule has 12 heavy (non-hydrogen) atoms. The van der Waals surface area contributed by atoms with Gasteiger partial charge < -0.3 is 10.1 Å². The fraction of sp³-hybridized carbons (Fsp3) is 0.889. The molecule has 0 aromatic heterocycles. The Bertz CT molecular complexity index is 145. The summed E-state index contributed by atoms with van der Waals surface area (Å²) in [7, 11) is 0. The van der Waals surface area contributed by atoms with Gasteiger partial charge in [-0.2, -0.15) is 0 Å². The van der Waals surface area contributed by atoms with Crippen molar-refractivity contribution in [2.24, 2.45) is 5.92 Å². The molecule has 70 valence electrons. The molecule has 3 heteroatoms. The van der Waals surface area contributed by atoms with Crippen LogP contribution in [0.4, 0.5) is 0 Å². The second-order valence-electron chi connectivity index (χ2n) is 3.56. The van der Waals surface area contributed by atoms with Crippen LogP contribution in [0.15, 0.2) is 0 Å². The number of ether oxygens (including phenoxy) is 1. The van der Waals surface area contributed by atoms with Crippen molar-refractivity contribution >= 4 is 6.41 Å². The highest BCUT2D eigenvalue weighted by molar-refractivity contribution is 5.46. The minimum absolute atomic E-state index is 0.112. The summed E-state index contributed by atoms with van der Waals surface area (Å²) >= 11 is 0. The van der Waals surface area contributed by atoms with E-state index in [4.69, 9.17) is 4.74 Å². The first kappa shape index (κ1) is 9.52. The first-order valence-corrected chi connectivity index (χ1v) is 4.55. The van der Waals surface area contributed by atoms with E-state index < -0.39 is 0 Å². The molecule has 1 saturated carbocycles. The molecule has 1 aliphatic rings. The van der Waals surface area contributed by atoms with Gasteiger partial charge in [-0.15, -0.1) is 0 Å². The van der Waals surface area contributed by atoms with E-state index in [0.717, 1.165) is 18.9 Å². The Morgan fingerprint density at radius 3 is 2.75 bits per heavy atom. The molecule has 0 radical (unpaired) electrons. The van der Waals surface area contributed by atoms with Crippen LogP contribution >= 0.6 is 0 Å². The summed E-state index contributed by atoms with van der Waals surface area (Å²) in [4.78, 5) is 10.1. The number of nitrogens with one attached hydrogen (secondary N) is 1. The lowest BCUT2D eigenvalue weighted by molar-refractivity contribution is -0.111. The highest BCUT2D eigenvalue weighted by Gasteiger charge is 2.23. The molecule has 1 N–H and O–H groups in total. The van der Waals surface area contributed by atoms with Crippen molar-refractivity contribution in [1.82, 2.24) is 5.32 Å². The molecular weight excluding hydrogens is 154 g/mol. The maximum absolute atomic E-state index is 10.1. The maximum atomic E-state index is 10.1. The van der Waals surface area contributed by atoms with Crippen molar-refractivity contribution in [3.05, 3.63) is 0 Å². The highest BCUT2D eigenvalue weighted by Crippen LogP contribution is 2.29. The third kappa shape index (κ3) is 3.22. The third-order valence-electron chi connectivity index (χ3n) is 2.33. The van der Waals surface area contributed by atoms with Crippen LogP contribution < -0.4 is 5.32 Å². The molecular formula is C9H17NO2. The Morgan fingerprint density at radius 1 is 1.58 bits per heavy atom. The Morgan fingerprint density at radius 2 is 2.25 bits per heavy atom. The molecule has 1 aliphatic carbocycles. The van der Waals surface area contributed by atoms with Gasteiger partial charge in [0.05, 0.1) is 12.1 Å². The zero-order valence-corrected chi connectivity index (χ0v) is 7.75. The predicted molar refractivity (Wildman–Crippen MR) is 46.8 cm³/mol. The minimum atomic E-state index is 0.112. The lowest BCUT2D eigenvalue weighted by Crippen LogP contribution is -2.36. The summed E-state index contributed by atoms with van der Waals surface area (Å²) < 4.78 is 5.56. The zero-order chi connectivity index (χ0) is 8.97. The fourth-order valence-corrected chi connectivity index (χ4v) is 0.960. The first-order chi connectivity index (χ1) is 5.74. The van der Waals surface area contributed by atoms with Gasteiger partial charge >= 0.3 is 0 Å². The van der Waals surface area contributed by atoms with Crippen molar-refractivity contribution in [2.75, 3.05) is 6.61 Å². The van der Waals surface area contributed by atoms with Gasteiger partial charge in [0.1, 0.15) is 0 Å². The average molecular weight is 171 g/mol. The molecule has 0 aromatic rings. The van der Waals surface area contributed by atoms with Gasteiger partial charge in [-0.25, -0.2) is 0 Å². The molecule has 1 amide bonds. The van der Waals surface area contributed by atoms with E-state index in [0.29, 0.717) is 0 Å². The van der Waals surface area contributed by atoms with Crippen LogP contribution in [0.3, 0.4) is 0 Å². The van der Waals surface area contributed by atoms with E-state index in [2.05, 4.69) is 5.32 Å². The van der Waals surface area contributed by atoms with E-state index in [-0.39, 0.29) is 12.1 Å². The average Bonchev–Trinajstić information content (AvgIpc) is 2.83. The van der Waals surface area contributed by atoms with Crippen LogP contribution in [0.5, 0.6) is 0 Å². The molecule has 0 aromatic carbocycles. The van der Waals surface area contributed by atoms with Crippen LogP contribution in [0, 0.1) is 5.92 Å². The van der Waals surface area contributed by atoms with E-state index in [1.807, 2.05) is 13.8 Å². The largest absolute Gasteiger partial charge is 0.376 e. The molecule has 0 aliphatic heterocycles. The van der Waals surface area contributed by atoms with E-state index in [1.54, 1.807) is 0 Å². The Balaban J connectivity index is 2.07. The molecule has 0 bridgehead atoms. The van der Waals surface area contributed by atoms with Crippen molar-refractivity contribution in [1.29, 1.82) is 0 Å². The highest BCUT2D eigenvalue weighted by atomic mass is 16.5. The third-order valence-corrected chi connectivity index (χ3v) is 2.33. The SMILES string of the molecule is CC(NC=O)C(C)OCC1CC1. The van der Waals surface area contributed by atoms with Crippen LogP contribution in [0.25, 0.3) is 0 Å². The molecule has 0 heterocycles. The van der Waals surface area contributed by atoms with E-state index in [9.17, 15) is 4.79 Å². The van der Waals surface area contributed by atoms with Gasteiger partial charge in [-0.05, 0) is 32.6 Å². The second-order valence-corrected chi connectivity index (χ2v) is 3.56. The summed E-state index contributed by atoms with van der Waals surface area (Å²) in [5.74, 6) is 0.788. The number of hydrogen-bond acceptors (Lipinski definition) is 2. The summed E-state index contributed by atoms with van der Waals surface area (Å²) in [6.45, 7) is 4.79. The number of amides is 1. The molecule has 3 nitrogen and oxygen atoms in total. The van der Waals surface area contributed by atoms with Crippen LogP contribution in [-0.2, 0) is 9.53 Å². The Hall–Kier alpha value is -0.570. The van der Waals surface area contributed by atoms with Gasteiger partial charge in [0.25, 0.3) is 0 Å². The molecule has 0 saturated heterocycles. The molecule has 1 fully saturated rings.